The molecule has 0 aliphatic rings. The number of nitrogens with zero attached hydrogens (tertiary/aromatic N) is 2. The van der Waals surface area contributed by atoms with Gasteiger partial charge in [-0.15, -0.1) is 0 Å². The maximum absolute atomic E-state index is 9.28. The first kappa shape index (κ1) is 12.9. The number of hydrogen-bond donors (Lipinski definition) is 0. The van der Waals surface area contributed by atoms with E-state index in [1.165, 1.54) is 6.20 Å². The average Bonchev–Trinajstić information content (AvgIpc) is 2.55. The quantitative estimate of drug-likeness (QED) is 0.727. The van der Waals surface area contributed by atoms with Gasteiger partial charge in [0.05, 0.1) is 12.6 Å². The van der Waals surface area contributed by atoms with E-state index in [1.54, 1.807) is 13.2 Å². The van der Waals surface area contributed by atoms with Gasteiger partial charge in [0.2, 0.25) is 0 Å². The Labute approximate surface area is 122 Å². The molecule has 0 saturated heterocycles. The predicted octanol–water partition coefficient (Wildman–Crippen LogP) is 3.91. The third-order valence-corrected chi connectivity index (χ3v) is 3.13. The Hall–Kier alpha value is -3.06. The first-order valence-electron chi connectivity index (χ1n) is 6.42. The number of fused-ring (bicyclic) bond motifs is 1. The number of ether oxygens (including phenoxy) is 2. The minimum absolute atomic E-state index is 0.389. The molecule has 1 heterocycles. The van der Waals surface area contributed by atoms with Crippen LogP contribution in [0.2, 0.25) is 0 Å². The molecule has 0 bridgehead atoms. The van der Waals surface area contributed by atoms with E-state index in [2.05, 4.69) is 11.1 Å². The molecule has 4 heteroatoms. The number of nitriles is 1. The number of methoxy groups -OCH3 is 1. The van der Waals surface area contributed by atoms with Crippen molar-refractivity contribution in [3.05, 3.63) is 60.3 Å². The second-order valence-corrected chi connectivity index (χ2v) is 4.38. The van der Waals surface area contributed by atoms with Crippen molar-refractivity contribution >= 4 is 10.9 Å². The lowest BCUT2D eigenvalue weighted by molar-refractivity contribution is 0.379. The van der Waals surface area contributed by atoms with Crippen LogP contribution < -0.4 is 9.47 Å². The molecule has 21 heavy (non-hydrogen) atoms. The standard InChI is InChI=1S/C17H12N2O2/c1-20-15-8-4-5-9-16(15)21-17-12(10-18)11-19-14-7-3-2-6-13(14)17/h2-9,11H,1H3. The zero-order valence-corrected chi connectivity index (χ0v) is 11.4. The molecule has 0 aliphatic heterocycles. The van der Waals surface area contributed by atoms with Gasteiger partial charge in [-0.2, -0.15) is 5.26 Å². The molecule has 4 nitrogen and oxygen atoms in total. The number of aromatic nitrogens is 1. The topological polar surface area (TPSA) is 55.1 Å². The van der Waals surface area contributed by atoms with Crippen molar-refractivity contribution in [1.29, 1.82) is 5.26 Å². The second kappa shape index (κ2) is 5.51. The Morgan fingerprint density at radius 2 is 1.71 bits per heavy atom. The summed E-state index contributed by atoms with van der Waals surface area (Å²) in [6.45, 7) is 0. The van der Waals surface area contributed by atoms with Gasteiger partial charge in [-0.25, -0.2) is 0 Å². The summed E-state index contributed by atoms with van der Waals surface area (Å²) in [5.41, 5.74) is 1.17. The second-order valence-electron chi connectivity index (χ2n) is 4.38. The summed E-state index contributed by atoms with van der Waals surface area (Å²) >= 11 is 0. The molecule has 0 saturated carbocycles. The van der Waals surface area contributed by atoms with Crippen LogP contribution in [0, 0.1) is 11.3 Å². The number of benzene rings is 2. The van der Waals surface area contributed by atoms with Gasteiger partial charge in [0, 0.05) is 11.6 Å². The van der Waals surface area contributed by atoms with E-state index < -0.39 is 0 Å². The minimum Gasteiger partial charge on any atom is -0.493 e. The van der Waals surface area contributed by atoms with E-state index in [4.69, 9.17) is 9.47 Å². The summed E-state index contributed by atoms with van der Waals surface area (Å²) in [5.74, 6) is 1.67. The largest absolute Gasteiger partial charge is 0.493 e. The van der Waals surface area contributed by atoms with E-state index in [0.29, 0.717) is 22.8 Å². The smallest absolute Gasteiger partial charge is 0.169 e. The fourth-order valence-electron chi connectivity index (χ4n) is 2.12. The van der Waals surface area contributed by atoms with Crippen LogP contribution in [0.5, 0.6) is 17.2 Å². The molecule has 0 N–H and O–H groups in total. The molecule has 0 radical (unpaired) electrons. The van der Waals surface area contributed by atoms with E-state index >= 15 is 0 Å². The van der Waals surface area contributed by atoms with E-state index in [9.17, 15) is 5.26 Å². The van der Waals surface area contributed by atoms with Crippen LogP contribution in [0.15, 0.2) is 54.7 Å². The van der Waals surface area contributed by atoms with Crippen LogP contribution in [-0.4, -0.2) is 12.1 Å². The van der Waals surface area contributed by atoms with E-state index in [1.807, 2.05) is 42.5 Å². The molecule has 0 atom stereocenters. The van der Waals surface area contributed by atoms with E-state index in [0.717, 1.165) is 10.9 Å². The molecule has 0 aliphatic carbocycles. The zero-order chi connectivity index (χ0) is 14.7. The monoisotopic (exact) mass is 276 g/mol. The lowest BCUT2D eigenvalue weighted by Crippen LogP contribution is -1.94. The van der Waals surface area contributed by atoms with Crippen molar-refractivity contribution in [2.24, 2.45) is 0 Å². The maximum atomic E-state index is 9.28. The van der Waals surface area contributed by atoms with E-state index in [-0.39, 0.29) is 0 Å². The van der Waals surface area contributed by atoms with Crippen molar-refractivity contribution < 1.29 is 9.47 Å². The highest BCUT2D eigenvalue weighted by Gasteiger charge is 2.13. The van der Waals surface area contributed by atoms with Crippen molar-refractivity contribution in [1.82, 2.24) is 4.98 Å². The highest BCUT2D eigenvalue weighted by atomic mass is 16.5. The predicted molar refractivity (Wildman–Crippen MR) is 79.5 cm³/mol. The molecule has 0 spiro atoms. The molecular formula is C17H12N2O2. The molecule has 1 aromatic heterocycles. The maximum Gasteiger partial charge on any atom is 0.169 e. The third kappa shape index (κ3) is 2.37. The molecule has 2 aromatic carbocycles. The van der Waals surface area contributed by atoms with Crippen molar-refractivity contribution in [3.8, 4) is 23.3 Å². The first-order valence-corrected chi connectivity index (χ1v) is 6.42. The number of rotatable bonds is 3. The van der Waals surface area contributed by atoms with Crippen LogP contribution in [0.4, 0.5) is 0 Å². The zero-order valence-electron chi connectivity index (χ0n) is 11.4. The van der Waals surface area contributed by atoms with Gasteiger partial charge in [0.15, 0.2) is 17.2 Å². The molecule has 3 rings (SSSR count). The lowest BCUT2D eigenvalue weighted by atomic mass is 10.1. The fourth-order valence-corrected chi connectivity index (χ4v) is 2.12. The fraction of sp³-hybridized carbons (Fsp3) is 0.0588. The van der Waals surface area contributed by atoms with Crippen LogP contribution >= 0.6 is 0 Å². The molecule has 0 fully saturated rings. The molecule has 3 aromatic rings. The Bertz CT molecular complexity index is 838. The van der Waals surface area contributed by atoms with Crippen molar-refractivity contribution in [3.63, 3.8) is 0 Å². The SMILES string of the molecule is COc1ccccc1Oc1c(C#N)cnc2ccccc12. The minimum atomic E-state index is 0.389. The molecule has 102 valence electrons. The molecule has 0 unspecified atom stereocenters. The third-order valence-electron chi connectivity index (χ3n) is 3.13. The van der Waals surface area contributed by atoms with Gasteiger partial charge in [-0.3, -0.25) is 4.98 Å². The Kier molecular flexibility index (Phi) is 3.40. The summed E-state index contributed by atoms with van der Waals surface area (Å²) in [6.07, 6.45) is 1.52. The summed E-state index contributed by atoms with van der Waals surface area (Å²) in [4.78, 5) is 4.26. The van der Waals surface area contributed by atoms with Crippen LogP contribution in [0.3, 0.4) is 0 Å². The van der Waals surface area contributed by atoms with Crippen molar-refractivity contribution in [2.75, 3.05) is 7.11 Å². The van der Waals surface area contributed by atoms with Gasteiger partial charge in [-0.05, 0) is 24.3 Å². The highest BCUT2D eigenvalue weighted by Crippen LogP contribution is 2.36. The van der Waals surface area contributed by atoms with Gasteiger partial charge < -0.3 is 9.47 Å². The summed E-state index contributed by atoms with van der Waals surface area (Å²) in [6, 6.07) is 17.0. The van der Waals surface area contributed by atoms with Crippen LogP contribution in [0.25, 0.3) is 10.9 Å². The molecule has 0 amide bonds. The average molecular weight is 276 g/mol. The summed E-state index contributed by atoms with van der Waals surface area (Å²) in [5, 5.41) is 10.1. The van der Waals surface area contributed by atoms with Crippen LogP contribution in [0.1, 0.15) is 5.56 Å². The van der Waals surface area contributed by atoms with Gasteiger partial charge >= 0.3 is 0 Å². The number of pyridine rings is 1. The van der Waals surface area contributed by atoms with Gasteiger partial charge in [-0.1, -0.05) is 24.3 Å². The number of para-hydroxylation sites is 3. The summed E-state index contributed by atoms with van der Waals surface area (Å²) in [7, 11) is 1.58. The Morgan fingerprint density at radius 1 is 1.00 bits per heavy atom. The van der Waals surface area contributed by atoms with Crippen LogP contribution in [-0.2, 0) is 0 Å². The normalized spacial score (nSPS) is 10.1. The Balaban J connectivity index is 2.17. The highest BCUT2D eigenvalue weighted by molar-refractivity contribution is 5.87. The van der Waals surface area contributed by atoms with Gasteiger partial charge in [0.1, 0.15) is 11.6 Å². The van der Waals surface area contributed by atoms with Gasteiger partial charge in [0.25, 0.3) is 0 Å². The first-order chi connectivity index (χ1) is 10.3. The lowest BCUT2D eigenvalue weighted by Gasteiger charge is -2.12. The molecular weight excluding hydrogens is 264 g/mol. The van der Waals surface area contributed by atoms with Crippen molar-refractivity contribution in [2.45, 2.75) is 0 Å². The summed E-state index contributed by atoms with van der Waals surface area (Å²) < 4.78 is 11.2. The Morgan fingerprint density at radius 3 is 2.48 bits per heavy atom. The number of hydrogen-bond acceptors (Lipinski definition) is 4.